The highest BCUT2D eigenvalue weighted by Gasteiger charge is 2.15. The summed E-state index contributed by atoms with van der Waals surface area (Å²) in [6, 6.07) is 0. The Morgan fingerprint density at radius 2 is 1.80 bits per heavy atom. The van der Waals surface area contributed by atoms with Crippen molar-refractivity contribution in [3.05, 3.63) is 17.5 Å². The van der Waals surface area contributed by atoms with Crippen molar-refractivity contribution in [2.45, 2.75) is 52.4 Å². The summed E-state index contributed by atoms with van der Waals surface area (Å²) in [6.07, 6.45) is 9.02. The SMILES string of the molecule is CC/C=C(\CC)n1nc2c(n1)CCCC2. The lowest BCUT2D eigenvalue weighted by Crippen LogP contribution is -2.01. The molecule has 0 aliphatic heterocycles. The third-order valence-electron chi connectivity index (χ3n) is 2.90. The lowest BCUT2D eigenvalue weighted by atomic mass is 10.0. The van der Waals surface area contributed by atoms with E-state index >= 15 is 0 Å². The zero-order chi connectivity index (χ0) is 10.7. The number of hydrogen-bond acceptors (Lipinski definition) is 2. The molecule has 0 saturated heterocycles. The molecule has 0 N–H and O–H groups in total. The molecule has 1 aromatic rings. The lowest BCUT2D eigenvalue weighted by Gasteiger charge is -2.04. The van der Waals surface area contributed by atoms with Gasteiger partial charge >= 0.3 is 0 Å². The average molecular weight is 205 g/mol. The zero-order valence-corrected chi connectivity index (χ0v) is 9.66. The van der Waals surface area contributed by atoms with Gasteiger partial charge < -0.3 is 0 Å². The van der Waals surface area contributed by atoms with Gasteiger partial charge in [-0.25, -0.2) is 0 Å². The minimum absolute atomic E-state index is 1.00. The molecule has 0 atom stereocenters. The quantitative estimate of drug-likeness (QED) is 0.759. The van der Waals surface area contributed by atoms with Crippen LogP contribution in [0.5, 0.6) is 0 Å². The molecule has 1 aliphatic carbocycles. The maximum atomic E-state index is 4.58. The van der Waals surface area contributed by atoms with Crippen molar-refractivity contribution in [3.63, 3.8) is 0 Å². The molecule has 0 aromatic carbocycles. The van der Waals surface area contributed by atoms with Gasteiger partial charge in [0, 0.05) is 0 Å². The van der Waals surface area contributed by atoms with Gasteiger partial charge in [0.25, 0.3) is 0 Å². The Hall–Kier alpha value is -1.12. The molecular formula is C12H19N3. The van der Waals surface area contributed by atoms with Crippen LogP contribution < -0.4 is 0 Å². The van der Waals surface area contributed by atoms with Gasteiger partial charge in [0.1, 0.15) is 0 Å². The van der Waals surface area contributed by atoms with Gasteiger partial charge in [-0.1, -0.05) is 19.9 Å². The summed E-state index contributed by atoms with van der Waals surface area (Å²) < 4.78 is 0. The molecule has 1 aromatic heterocycles. The van der Waals surface area contributed by atoms with Crippen LogP contribution in [0.25, 0.3) is 5.70 Å². The lowest BCUT2D eigenvalue weighted by molar-refractivity contribution is 0.667. The smallest absolute Gasteiger partial charge is 0.0863 e. The van der Waals surface area contributed by atoms with Crippen molar-refractivity contribution in [2.24, 2.45) is 0 Å². The number of nitrogens with zero attached hydrogens (tertiary/aromatic N) is 3. The molecule has 0 saturated carbocycles. The maximum Gasteiger partial charge on any atom is 0.0863 e. The van der Waals surface area contributed by atoms with Gasteiger partial charge in [-0.05, 0) is 38.5 Å². The highest BCUT2D eigenvalue weighted by molar-refractivity contribution is 5.41. The van der Waals surface area contributed by atoms with Crippen LogP contribution in [0, 0.1) is 0 Å². The van der Waals surface area contributed by atoms with E-state index in [9.17, 15) is 0 Å². The second-order valence-corrected chi connectivity index (χ2v) is 4.05. The van der Waals surface area contributed by atoms with Crippen LogP contribution in [-0.2, 0) is 12.8 Å². The molecular weight excluding hydrogens is 186 g/mol. The third-order valence-corrected chi connectivity index (χ3v) is 2.90. The molecule has 0 bridgehead atoms. The minimum Gasteiger partial charge on any atom is -0.156 e. The van der Waals surface area contributed by atoms with E-state index in [4.69, 9.17) is 0 Å². The number of rotatable bonds is 3. The number of aromatic nitrogens is 3. The molecule has 0 unspecified atom stereocenters. The van der Waals surface area contributed by atoms with Gasteiger partial charge in [0.05, 0.1) is 17.1 Å². The summed E-state index contributed by atoms with van der Waals surface area (Å²) in [5.74, 6) is 0. The van der Waals surface area contributed by atoms with E-state index in [1.807, 2.05) is 4.80 Å². The van der Waals surface area contributed by atoms with Gasteiger partial charge in [-0.3, -0.25) is 0 Å². The third kappa shape index (κ3) is 2.11. The monoisotopic (exact) mass is 205 g/mol. The fourth-order valence-electron chi connectivity index (χ4n) is 2.07. The minimum atomic E-state index is 1.00. The molecule has 3 nitrogen and oxygen atoms in total. The summed E-state index contributed by atoms with van der Waals surface area (Å²) in [5, 5.41) is 9.16. The van der Waals surface area contributed by atoms with Crippen LogP contribution in [0.1, 0.15) is 50.9 Å². The van der Waals surface area contributed by atoms with Crippen molar-refractivity contribution in [3.8, 4) is 0 Å². The molecule has 1 heterocycles. The predicted molar refractivity (Wildman–Crippen MR) is 61.5 cm³/mol. The first-order valence-electron chi connectivity index (χ1n) is 5.99. The summed E-state index contributed by atoms with van der Waals surface area (Å²) in [7, 11) is 0. The average Bonchev–Trinajstić information content (AvgIpc) is 2.69. The summed E-state index contributed by atoms with van der Waals surface area (Å²) >= 11 is 0. The van der Waals surface area contributed by atoms with Gasteiger partial charge in [-0.15, -0.1) is 0 Å². The molecule has 0 fully saturated rings. The van der Waals surface area contributed by atoms with Crippen LogP contribution in [0.15, 0.2) is 6.08 Å². The number of hydrogen-bond donors (Lipinski definition) is 0. The van der Waals surface area contributed by atoms with Crippen LogP contribution >= 0.6 is 0 Å². The van der Waals surface area contributed by atoms with Crippen molar-refractivity contribution in [1.82, 2.24) is 15.0 Å². The fraction of sp³-hybridized carbons (Fsp3) is 0.667. The highest BCUT2D eigenvalue weighted by atomic mass is 15.5. The van der Waals surface area contributed by atoms with E-state index in [0.717, 1.165) is 25.7 Å². The van der Waals surface area contributed by atoms with E-state index in [2.05, 4.69) is 30.1 Å². The summed E-state index contributed by atoms with van der Waals surface area (Å²) in [4.78, 5) is 1.85. The molecule has 82 valence electrons. The van der Waals surface area contributed by atoms with Gasteiger partial charge in [-0.2, -0.15) is 15.0 Å². The second-order valence-electron chi connectivity index (χ2n) is 4.05. The molecule has 2 rings (SSSR count). The van der Waals surface area contributed by atoms with Crippen molar-refractivity contribution in [2.75, 3.05) is 0 Å². The normalized spacial score (nSPS) is 16.5. The first-order valence-corrected chi connectivity index (χ1v) is 5.99. The predicted octanol–water partition coefficient (Wildman–Crippen LogP) is 2.82. The summed E-state index contributed by atoms with van der Waals surface area (Å²) in [6.45, 7) is 4.31. The van der Waals surface area contributed by atoms with Crippen molar-refractivity contribution >= 4 is 5.70 Å². The van der Waals surface area contributed by atoms with Crippen LogP contribution in [-0.4, -0.2) is 15.0 Å². The Balaban J connectivity index is 2.28. The molecule has 0 amide bonds. The molecule has 15 heavy (non-hydrogen) atoms. The van der Waals surface area contributed by atoms with E-state index in [1.54, 1.807) is 0 Å². The van der Waals surface area contributed by atoms with Crippen LogP contribution in [0.2, 0.25) is 0 Å². The maximum absolute atomic E-state index is 4.58. The Labute approximate surface area is 91.2 Å². The number of aryl methyl sites for hydroxylation is 2. The zero-order valence-electron chi connectivity index (χ0n) is 9.66. The fourth-order valence-corrected chi connectivity index (χ4v) is 2.07. The van der Waals surface area contributed by atoms with Gasteiger partial charge in [0.15, 0.2) is 0 Å². The second kappa shape index (κ2) is 4.60. The Kier molecular flexibility index (Phi) is 3.19. The molecule has 0 radical (unpaired) electrons. The Morgan fingerprint density at radius 1 is 1.20 bits per heavy atom. The van der Waals surface area contributed by atoms with E-state index < -0.39 is 0 Å². The number of fused-ring (bicyclic) bond motifs is 1. The molecule has 3 heteroatoms. The van der Waals surface area contributed by atoms with Crippen molar-refractivity contribution in [1.29, 1.82) is 0 Å². The first kappa shape index (κ1) is 10.4. The number of allylic oxidation sites excluding steroid dienone is 2. The Morgan fingerprint density at radius 3 is 2.27 bits per heavy atom. The molecule has 1 aliphatic rings. The van der Waals surface area contributed by atoms with E-state index in [1.165, 1.54) is 29.9 Å². The molecule has 0 spiro atoms. The highest BCUT2D eigenvalue weighted by Crippen LogP contribution is 2.19. The van der Waals surface area contributed by atoms with E-state index in [-0.39, 0.29) is 0 Å². The first-order chi connectivity index (χ1) is 7.35. The largest absolute Gasteiger partial charge is 0.156 e. The topological polar surface area (TPSA) is 30.7 Å². The van der Waals surface area contributed by atoms with E-state index in [0.29, 0.717) is 0 Å². The Bertz CT molecular complexity index is 339. The standard InChI is InChI=1S/C12H19N3/c1-3-7-10(4-2)15-13-11-8-5-6-9-12(11)14-15/h7H,3-6,8-9H2,1-2H3/b10-7+. The summed E-state index contributed by atoms with van der Waals surface area (Å²) in [5.41, 5.74) is 3.67. The van der Waals surface area contributed by atoms with Crippen LogP contribution in [0.3, 0.4) is 0 Å². The van der Waals surface area contributed by atoms with Crippen molar-refractivity contribution < 1.29 is 0 Å². The van der Waals surface area contributed by atoms with Crippen LogP contribution in [0.4, 0.5) is 0 Å². The van der Waals surface area contributed by atoms with Gasteiger partial charge in [0.2, 0.25) is 0 Å².